The molecule has 0 saturated carbocycles. The summed E-state index contributed by atoms with van der Waals surface area (Å²) in [6.45, 7) is 0. The SMILES string of the molecule is CN1C(=O)N[C@@H]2NC(=O)N[C@H]21. The Morgan fingerprint density at radius 3 is 2.64 bits per heavy atom. The molecule has 2 aliphatic rings. The molecule has 60 valence electrons. The number of rotatable bonds is 0. The minimum absolute atomic E-state index is 0.174. The van der Waals surface area contributed by atoms with Crippen molar-refractivity contribution in [2.45, 2.75) is 12.3 Å². The van der Waals surface area contributed by atoms with Crippen molar-refractivity contribution in [3.05, 3.63) is 0 Å². The van der Waals surface area contributed by atoms with Crippen LogP contribution in [0.1, 0.15) is 0 Å². The van der Waals surface area contributed by atoms with Crippen LogP contribution in [0.25, 0.3) is 0 Å². The Balaban J connectivity index is 2.19. The van der Waals surface area contributed by atoms with Crippen LogP contribution in [0, 0.1) is 0 Å². The first-order valence-electron chi connectivity index (χ1n) is 3.29. The van der Waals surface area contributed by atoms with E-state index in [1.807, 2.05) is 0 Å². The molecule has 2 saturated heterocycles. The van der Waals surface area contributed by atoms with Gasteiger partial charge in [0, 0.05) is 7.05 Å². The zero-order chi connectivity index (χ0) is 8.01. The summed E-state index contributed by atoms with van der Waals surface area (Å²) >= 11 is 0. The summed E-state index contributed by atoms with van der Waals surface area (Å²) in [6.07, 6.45) is -0.519. The van der Waals surface area contributed by atoms with E-state index in [1.165, 1.54) is 4.90 Å². The van der Waals surface area contributed by atoms with Crippen molar-refractivity contribution < 1.29 is 9.59 Å². The van der Waals surface area contributed by atoms with Gasteiger partial charge in [-0.1, -0.05) is 0 Å². The molecule has 0 radical (unpaired) electrons. The lowest BCUT2D eigenvalue weighted by Gasteiger charge is -2.14. The van der Waals surface area contributed by atoms with Crippen molar-refractivity contribution in [3.8, 4) is 0 Å². The number of nitrogens with one attached hydrogen (secondary N) is 3. The molecule has 3 N–H and O–H groups in total. The molecule has 0 aliphatic carbocycles. The van der Waals surface area contributed by atoms with Gasteiger partial charge in [-0.3, -0.25) is 0 Å². The first-order chi connectivity index (χ1) is 5.18. The van der Waals surface area contributed by atoms with Crippen molar-refractivity contribution in [2.24, 2.45) is 0 Å². The molecule has 2 fully saturated rings. The van der Waals surface area contributed by atoms with Gasteiger partial charge in [0.05, 0.1) is 0 Å². The van der Waals surface area contributed by atoms with Gasteiger partial charge in [0.1, 0.15) is 12.3 Å². The first kappa shape index (κ1) is 6.26. The highest BCUT2D eigenvalue weighted by Gasteiger charge is 2.43. The number of fused-ring (bicyclic) bond motifs is 1. The lowest BCUT2D eigenvalue weighted by Crippen LogP contribution is -2.40. The van der Waals surface area contributed by atoms with E-state index in [9.17, 15) is 9.59 Å². The van der Waals surface area contributed by atoms with Crippen molar-refractivity contribution in [1.29, 1.82) is 0 Å². The van der Waals surface area contributed by atoms with E-state index < -0.39 is 0 Å². The predicted molar refractivity (Wildman–Crippen MR) is 35.5 cm³/mol. The summed E-state index contributed by atoms with van der Waals surface area (Å²) in [4.78, 5) is 23.1. The van der Waals surface area contributed by atoms with Crippen LogP contribution in [0.3, 0.4) is 0 Å². The number of nitrogens with zero attached hydrogens (tertiary/aromatic N) is 1. The van der Waals surface area contributed by atoms with Crippen LogP contribution in [-0.4, -0.2) is 36.3 Å². The van der Waals surface area contributed by atoms with Gasteiger partial charge in [-0.25, -0.2) is 9.59 Å². The standard InChI is InChI=1S/C5H8N4O2/c1-9-3-2(7-5(9)11)6-4(10)8-3/h2-3H,1H3,(H,7,11)(H2,6,8,10)/t2-,3-/m0/s1. The molecule has 0 aromatic heterocycles. The average Bonchev–Trinajstić information content (AvgIpc) is 2.37. The minimum Gasteiger partial charge on any atom is -0.314 e. The molecule has 6 nitrogen and oxygen atoms in total. The molecule has 2 rings (SSSR count). The van der Waals surface area contributed by atoms with E-state index in [2.05, 4.69) is 16.0 Å². The third-order valence-electron chi connectivity index (χ3n) is 1.90. The minimum atomic E-state index is -0.278. The summed E-state index contributed by atoms with van der Waals surface area (Å²) in [7, 11) is 1.63. The van der Waals surface area contributed by atoms with Crippen LogP contribution in [0.15, 0.2) is 0 Å². The highest BCUT2D eigenvalue weighted by molar-refractivity contribution is 5.84. The highest BCUT2D eigenvalue weighted by atomic mass is 16.2. The molecule has 11 heavy (non-hydrogen) atoms. The number of carbonyl (C=O) groups excluding carboxylic acids is 2. The summed E-state index contributed by atoms with van der Waals surface area (Å²) in [5.41, 5.74) is 0. The van der Waals surface area contributed by atoms with Gasteiger partial charge in [0.25, 0.3) is 0 Å². The number of likely N-dealkylation sites (N-methyl/N-ethyl adjacent to an activating group) is 1. The van der Waals surface area contributed by atoms with Crippen LogP contribution in [-0.2, 0) is 0 Å². The van der Waals surface area contributed by atoms with Crippen molar-refractivity contribution in [3.63, 3.8) is 0 Å². The van der Waals surface area contributed by atoms with E-state index in [0.29, 0.717) is 0 Å². The molecule has 4 amide bonds. The van der Waals surface area contributed by atoms with Gasteiger partial charge in [0.15, 0.2) is 0 Å². The normalized spacial score (nSPS) is 34.5. The summed E-state index contributed by atoms with van der Waals surface area (Å²) < 4.78 is 0. The van der Waals surface area contributed by atoms with Gasteiger partial charge in [-0.2, -0.15) is 0 Å². The Morgan fingerprint density at radius 2 is 2.00 bits per heavy atom. The van der Waals surface area contributed by atoms with Gasteiger partial charge in [0.2, 0.25) is 0 Å². The molecule has 0 aromatic rings. The first-order valence-corrected chi connectivity index (χ1v) is 3.29. The molecule has 0 aromatic carbocycles. The van der Waals surface area contributed by atoms with E-state index in [4.69, 9.17) is 0 Å². The van der Waals surface area contributed by atoms with Crippen molar-refractivity contribution >= 4 is 12.1 Å². The second kappa shape index (κ2) is 1.77. The molecule has 2 aliphatic heterocycles. The Morgan fingerprint density at radius 1 is 1.27 bits per heavy atom. The van der Waals surface area contributed by atoms with Gasteiger partial charge < -0.3 is 20.9 Å². The third-order valence-corrected chi connectivity index (χ3v) is 1.90. The van der Waals surface area contributed by atoms with Crippen LogP contribution >= 0.6 is 0 Å². The molecule has 2 heterocycles. The second-order valence-electron chi connectivity index (χ2n) is 2.60. The van der Waals surface area contributed by atoms with Crippen molar-refractivity contribution in [1.82, 2.24) is 20.9 Å². The second-order valence-corrected chi connectivity index (χ2v) is 2.60. The third kappa shape index (κ3) is 0.719. The fourth-order valence-corrected chi connectivity index (χ4v) is 1.28. The van der Waals surface area contributed by atoms with E-state index in [0.717, 1.165) is 0 Å². The van der Waals surface area contributed by atoms with Crippen molar-refractivity contribution in [2.75, 3.05) is 7.05 Å². The Bertz CT molecular complexity index is 229. The molecule has 0 bridgehead atoms. The molecular formula is C5H8N4O2. The monoisotopic (exact) mass is 156 g/mol. The molecule has 6 heteroatoms. The van der Waals surface area contributed by atoms with Gasteiger partial charge >= 0.3 is 12.1 Å². The van der Waals surface area contributed by atoms with Gasteiger partial charge in [-0.05, 0) is 0 Å². The highest BCUT2D eigenvalue weighted by Crippen LogP contribution is 2.10. The van der Waals surface area contributed by atoms with Crippen LogP contribution in [0.5, 0.6) is 0 Å². The zero-order valence-corrected chi connectivity index (χ0v) is 5.92. The largest absolute Gasteiger partial charge is 0.320 e. The number of hydrogen-bond acceptors (Lipinski definition) is 2. The zero-order valence-electron chi connectivity index (χ0n) is 5.92. The number of hydrogen-bond donors (Lipinski definition) is 3. The van der Waals surface area contributed by atoms with E-state index >= 15 is 0 Å². The Kier molecular flexibility index (Phi) is 1.01. The van der Waals surface area contributed by atoms with Crippen LogP contribution in [0.2, 0.25) is 0 Å². The maximum atomic E-state index is 10.9. The van der Waals surface area contributed by atoms with E-state index in [1.54, 1.807) is 7.05 Å². The Hall–Kier alpha value is -1.46. The molecule has 0 unspecified atom stereocenters. The fourth-order valence-electron chi connectivity index (χ4n) is 1.28. The predicted octanol–water partition coefficient (Wildman–Crippen LogP) is -1.39. The maximum absolute atomic E-state index is 10.9. The van der Waals surface area contributed by atoms with Crippen LogP contribution < -0.4 is 16.0 Å². The quantitative estimate of drug-likeness (QED) is 0.404. The Labute approximate surface area is 62.9 Å². The summed E-state index contributed by atoms with van der Waals surface area (Å²) in [6, 6.07) is -0.417. The number of amides is 4. The average molecular weight is 156 g/mol. The smallest absolute Gasteiger partial charge is 0.314 e. The molecule has 2 atom stereocenters. The lowest BCUT2D eigenvalue weighted by molar-refractivity contribution is 0.210. The topological polar surface area (TPSA) is 73.5 Å². The molecular weight excluding hydrogens is 148 g/mol. The molecule has 0 spiro atoms. The van der Waals surface area contributed by atoms with Crippen LogP contribution in [0.4, 0.5) is 9.59 Å². The van der Waals surface area contributed by atoms with E-state index in [-0.39, 0.29) is 24.4 Å². The lowest BCUT2D eigenvalue weighted by atomic mass is 10.4. The fraction of sp³-hybridized carbons (Fsp3) is 0.600. The maximum Gasteiger partial charge on any atom is 0.320 e. The summed E-state index contributed by atoms with van der Waals surface area (Å²) in [5, 5.41) is 7.73. The summed E-state index contributed by atoms with van der Waals surface area (Å²) in [5.74, 6) is 0. The number of carbonyl (C=O) groups is 2. The van der Waals surface area contributed by atoms with Gasteiger partial charge in [-0.15, -0.1) is 0 Å². The number of urea groups is 2.